The Kier molecular flexibility index (Phi) is 5.86. The normalized spacial score (nSPS) is 25.3. The summed E-state index contributed by atoms with van der Waals surface area (Å²) in [5.74, 6) is 0.939. The minimum Gasteiger partial charge on any atom is -0.378 e. The summed E-state index contributed by atoms with van der Waals surface area (Å²) in [6, 6.07) is -0.0241. The van der Waals surface area contributed by atoms with Gasteiger partial charge in [0.25, 0.3) is 0 Å². The maximum Gasteiger partial charge on any atom is 0.239 e. The Hall–Kier alpha value is -0.870. The number of amides is 1. The highest BCUT2D eigenvalue weighted by atomic mass is 16.5. The van der Waals surface area contributed by atoms with Crippen LogP contribution in [0.15, 0.2) is 12.2 Å². The molecule has 19 heavy (non-hydrogen) atoms. The lowest BCUT2D eigenvalue weighted by atomic mass is 9.94. The van der Waals surface area contributed by atoms with E-state index < -0.39 is 0 Å². The van der Waals surface area contributed by atoms with Gasteiger partial charge in [-0.1, -0.05) is 19.1 Å². The number of rotatable bonds is 5. The van der Waals surface area contributed by atoms with Gasteiger partial charge in [-0.25, -0.2) is 0 Å². The molecule has 0 bridgehead atoms. The number of nitrogens with zero attached hydrogens (tertiary/aromatic N) is 1. The minimum atomic E-state index is -0.0241. The third kappa shape index (κ3) is 4.32. The fraction of sp³-hybridized carbons (Fsp3) is 0.800. The van der Waals surface area contributed by atoms with Crippen molar-refractivity contribution in [1.82, 2.24) is 10.2 Å². The molecule has 2 rings (SSSR count). The first kappa shape index (κ1) is 14.5. The van der Waals surface area contributed by atoms with E-state index in [-0.39, 0.29) is 11.9 Å². The van der Waals surface area contributed by atoms with Gasteiger partial charge in [-0.15, -0.1) is 0 Å². The van der Waals surface area contributed by atoms with Crippen molar-refractivity contribution in [3.8, 4) is 0 Å². The third-order valence-corrected chi connectivity index (χ3v) is 4.06. The van der Waals surface area contributed by atoms with Crippen molar-refractivity contribution in [2.75, 3.05) is 32.8 Å². The van der Waals surface area contributed by atoms with Crippen LogP contribution < -0.4 is 5.32 Å². The highest BCUT2D eigenvalue weighted by Gasteiger charge is 2.24. The molecular weight excluding hydrogens is 240 g/mol. The molecule has 1 heterocycles. The molecule has 0 aromatic carbocycles. The Morgan fingerprint density at radius 3 is 2.84 bits per heavy atom. The summed E-state index contributed by atoms with van der Waals surface area (Å²) in [7, 11) is 0. The highest BCUT2D eigenvalue weighted by Crippen LogP contribution is 2.17. The second kappa shape index (κ2) is 7.65. The van der Waals surface area contributed by atoms with Crippen LogP contribution in [0.2, 0.25) is 0 Å². The topological polar surface area (TPSA) is 41.6 Å². The molecular formula is C15H26N2O2. The van der Waals surface area contributed by atoms with Crippen LogP contribution in [0, 0.1) is 5.92 Å². The van der Waals surface area contributed by atoms with Gasteiger partial charge in [0.05, 0.1) is 19.3 Å². The van der Waals surface area contributed by atoms with E-state index >= 15 is 0 Å². The molecule has 0 unspecified atom stereocenters. The molecule has 1 aliphatic heterocycles. The van der Waals surface area contributed by atoms with Crippen molar-refractivity contribution in [2.24, 2.45) is 5.92 Å². The number of carbonyl (C=O) groups is 1. The molecule has 0 aromatic heterocycles. The Bertz CT molecular complexity index is 311. The number of allylic oxidation sites excluding steroid dienone is 2. The van der Waals surface area contributed by atoms with Gasteiger partial charge < -0.3 is 15.0 Å². The third-order valence-electron chi connectivity index (χ3n) is 4.06. The first-order valence-electron chi connectivity index (χ1n) is 7.56. The molecule has 1 amide bonds. The zero-order valence-electron chi connectivity index (χ0n) is 11.9. The van der Waals surface area contributed by atoms with Gasteiger partial charge >= 0.3 is 0 Å². The van der Waals surface area contributed by atoms with Crippen LogP contribution in [-0.4, -0.2) is 49.7 Å². The van der Waals surface area contributed by atoms with Gasteiger partial charge in [0, 0.05) is 13.1 Å². The fourth-order valence-electron chi connectivity index (χ4n) is 2.76. The monoisotopic (exact) mass is 266 g/mol. The molecule has 1 aliphatic carbocycles. The molecule has 0 aromatic rings. The van der Waals surface area contributed by atoms with Gasteiger partial charge in [-0.3, -0.25) is 4.79 Å². The van der Waals surface area contributed by atoms with Gasteiger partial charge in [0.2, 0.25) is 5.91 Å². The molecule has 0 radical (unpaired) electrons. The summed E-state index contributed by atoms with van der Waals surface area (Å²) in [6.07, 6.45) is 8.95. The molecule has 0 spiro atoms. The number of carbonyl (C=O) groups excluding carboxylic acids is 1. The maximum atomic E-state index is 12.4. The number of morpholine rings is 1. The van der Waals surface area contributed by atoms with Crippen molar-refractivity contribution < 1.29 is 9.53 Å². The molecule has 2 atom stereocenters. The summed E-state index contributed by atoms with van der Waals surface area (Å²) in [4.78, 5) is 14.3. The summed E-state index contributed by atoms with van der Waals surface area (Å²) in [6.45, 7) is 5.87. The van der Waals surface area contributed by atoms with Gasteiger partial charge in [-0.05, 0) is 38.1 Å². The zero-order chi connectivity index (χ0) is 13.5. The Balaban J connectivity index is 1.77. The molecule has 1 fully saturated rings. The smallest absolute Gasteiger partial charge is 0.239 e. The first-order chi connectivity index (χ1) is 9.31. The van der Waals surface area contributed by atoms with Crippen LogP contribution in [0.5, 0.6) is 0 Å². The van der Waals surface area contributed by atoms with E-state index in [0.717, 1.165) is 32.5 Å². The first-order valence-corrected chi connectivity index (χ1v) is 7.56. The maximum absolute atomic E-state index is 12.4. The Morgan fingerprint density at radius 2 is 2.21 bits per heavy atom. The lowest BCUT2D eigenvalue weighted by molar-refractivity contribution is -0.137. The quantitative estimate of drug-likeness (QED) is 0.768. The van der Waals surface area contributed by atoms with Crippen LogP contribution in [0.4, 0.5) is 0 Å². The highest BCUT2D eigenvalue weighted by molar-refractivity contribution is 5.81. The van der Waals surface area contributed by atoms with E-state index in [1.165, 1.54) is 12.8 Å². The molecule has 1 saturated heterocycles. The zero-order valence-corrected chi connectivity index (χ0v) is 11.9. The molecule has 2 aliphatic rings. The minimum absolute atomic E-state index is 0.0241. The van der Waals surface area contributed by atoms with Crippen molar-refractivity contribution in [2.45, 2.75) is 38.6 Å². The average Bonchev–Trinajstić information content (AvgIpc) is 2.49. The number of ether oxygens (including phenoxy) is 1. The van der Waals surface area contributed by atoms with Crippen molar-refractivity contribution in [3.05, 3.63) is 12.2 Å². The van der Waals surface area contributed by atoms with Gasteiger partial charge in [0.1, 0.15) is 0 Å². The van der Waals surface area contributed by atoms with Crippen LogP contribution in [0.1, 0.15) is 32.6 Å². The summed E-state index contributed by atoms with van der Waals surface area (Å²) >= 11 is 0. The molecule has 108 valence electrons. The molecule has 4 nitrogen and oxygen atoms in total. The van der Waals surface area contributed by atoms with E-state index in [1.807, 2.05) is 4.90 Å². The number of hydrogen-bond donors (Lipinski definition) is 1. The SMILES string of the molecule is CC[C@H](NC[C@@H]1CC=CCC1)C(=O)N1CCOCC1. The number of nitrogens with one attached hydrogen (secondary N) is 1. The fourth-order valence-corrected chi connectivity index (χ4v) is 2.76. The van der Waals surface area contributed by atoms with Crippen molar-refractivity contribution in [3.63, 3.8) is 0 Å². The van der Waals surface area contributed by atoms with E-state index in [4.69, 9.17) is 4.74 Å². The van der Waals surface area contributed by atoms with E-state index in [9.17, 15) is 4.79 Å². The average molecular weight is 266 g/mol. The van der Waals surface area contributed by atoms with Crippen LogP contribution >= 0.6 is 0 Å². The lowest BCUT2D eigenvalue weighted by Crippen LogP contribution is -2.51. The molecule has 4 heteroatoms. The van der Waals surface area contributed by atoms with Crippen molar-refractivity contribution >= 4 is 5.91 Å². The van der Waals surface area contributed by atoms with Gasteiger partial charge in [0.15, 0.2) is 0 Å². The second-order valence-corrected chi connectivity index (χ2v) is 5.46. The van der Waals surface area contributed by atoms with E-state index in [0.29, 0.717) is 19.1 Å². The Morgan fingerprint density at radius 1 is 1.42 bits per heavy atom. The molecule has 0 saturated carbocycles. The lowest BCUT2D eigenvalue weighted by Gasteiger charge is -2.31. The van der Waals surface area contributed by atoms with Crippen LogP contribution in [0.25, 0.3) is 0 Å². The predicted octanol–water partition coefficient (Wildman–Crippen LogP) is 1.57. The largest absolute Gasteiger partial charge is 0.378 e. The summed E-state index contributed by atoms with van der Waals surface area (Å²) < 4.78 is 5.30. The van der Waals surface area contributed by atoms with Crippen LogP contribution in [0.3, 0.4) is 0 Å². The standard InChI is InChI=1S/C15H26N2O2/c1-2-14(15(18)17-8-10-19-11-9-17)16-12-13-6-4-3-5-7-13/h3-4,13-14,16H,2,5-12H2,1H3/t13-,14+/m1/s1. The summed E-state index contributed by atoms with van der Waals surface area (Å²) in [5.41, 5.74) is 0. The van der Waals surface area contributed by atoms with Crippen LogP contribution in [-0.2, 0) is 9.53 Å². The second-order valence-electron chi connectivity index (χ2n) is 5.46. The Labute approximate surface area is 116 Å². The van der Waals surface area contributed by atoms with E-state index in [2.05, 4.69) is 24.4 Å². The van der Waals surface area contributed by atoms with Gasteiger partial charge in [-0.2, -0.15) is 0 Å². The van der Waals surface area contributed by atoms with Crippen molar-refractivity contribution in [1.29, 1.82) is 0 Å². The predicted molar refractivity (Wildman–Crippen MR) is 76.0 cm³/mol. The summed E-state index contributed by atoms with van der Waals surface area (Å²) in [5, 5.41) is 3.47. The molecule has 1 N–H and O–H groups in total. The number of hydrogen-bond acceptors (Lipinski definition) is 3. The van der Waals surface area contributed by atoms with E-state index in [1.54, 1.807) is 0 Å².